The van der Waals surface area contributed by atoms with E-state index >= 15 is 0 Å². The van der Waals surface area contributed by atoms with Crippen LogP contribution in [0.5, 0.6) is 5.75 Å². The van der Waals surface area contributed by atoms with Gasteiger partial charge in [-0.05, 0) is 18.2 Å². The summed E-state index contributed by atoms with van der Waals surface area (Å²) in [5, 5.41) is 8.40. The first-order valence-corrected chi connectivity index (χ1v) is 5.88. The predicted octanol–water partition coefficient (Wildman–Crippen LogP) is 2.48. The van der Waals surface area contributed by atoms with Crippen molar-refractivity contribution < 1.29 is 9.53 Å². The molecule has 94 valence electrons. The number of halogens is 2. The maximum absolute atomic E-state index is 10.4. The summed E-state index contributed by atoms with van der Waals surface area (Å²) in [7, 11) is 0. The first-order chi connectivity index (χ1) is 8.69. The predicted molar refractivity (Wildman–Crippen MR) is 67.4 cm³/mol. The molecule has 1 aromatic carbocycles. The summed E-state index contributed by atoms with van der Waals surface area (Å²) in [5.74, 6) is 0.553. The van der Waals surface area contributed by atoms with Gasteiger partial charge >= 0.3 is 0 Å². The number of carbonyl (C=O) groups excluding carboxylic acids is 1. The van der Waals surface area contributed by atoms with Crippen LogP contribution in [0.4, 0.5) is 0 Å². The van der Waals surface area contributed by atoms with Gasteiger partial charge in [-0.2, -0.15) is 0 Å². The van der Waals surface area contributed by atoms with Crippen LogP contribution in [0.25, 0.3) is 0 Å². The quantitative estimate of drug-likeness (QED) is 0.792. The fourth-order valence-corrected chi connectivity index (χ4v) is 1.78. The summed E-state index contributed by atoms with van der Waals surface area (Å²) in [4.78, 5) is 10.4. The van der Waals surface area contributed by atoms with Crippen molar-refractivity contribution in [2.45, 2.75) is 6.54 Å². The molecule has 0 N–H and O–H groups in total. The highest BCUT2D eigenvalue weighted by molar-refractivity contribution is 6.35. The van der Waals surface area contributed by atoms with E-state index in [-0.39, 0.29) is 0 Å². The van der Waals surface area contributed by atoms with Gasteiger partial charge in [0.05, 0.1) is 17.8 Å². The Labute approximate surface area is 113 Å². The lowest BCUT2D eigenvalue weighted by atomic mass is 10.3. The molecule has 5 nitrogen and oxygen atoms in total. The standard InChI is InChI=1S/C11H9Cl2N3O2/c12-8-1-2-11(10(13)5-8)18-4-3-16-6-9(7-17)14-15-16/h1-2,5-7H,3-4H2. The van der Waals surface area contributed by atoms with E-state index in [1.165, 1.54) is 4.68 Å². The monoisotopic (exact) mass is 285 g/mol. The van der Waals surface area contributed by atoms with Crippen molar-refractivity contribution in [2.24, 2.45) is 0 Å². The number of nitrogens with zero attached hydrogens (tertiary/aromatic N) is 3. The zero-order valence-electron chi connectivity index (χ0n) is 9.22. The Kier molecular flexibility index (Phi) is 4.17. The van der Waals surface area contributed by atoms with Crippen LogP contribution < -0.4 is 4.74 Å². The van der Waals surface area contributed by atoms with Gasteiger partial charge in [-0.25, -0.2) is 4.68 Å². The lowest BCUT2D eigenvalue weighted by Crippen LogP contribution is -2.08. The zero-order valence-corrected chi connectivity index (χ0v) is 10.7. The van der Waals surface area contributed by atoms with Crippen molar-refractivity contribution in [1.82, 2.24) is 15.0 Å². The zero-order chi connectivity index (χ0) is 13.0. The Balaban J connectivity index is 1.90. The van der Waals surface area contributed by atoms with Crippen molar-refractivity contribution in [3.8, 4) is 5.75 Å². The number of hydrogen-bond acceptors (Lipinski definition) is 4. The molecule has 0 spiro atoms. The van der Waals surface area contributed by atoms with E-state index in [4.69, 9.17) is 27.9 Å². The Morgan fingerprint density at radius 1 is 1.39 bits per heavy atom. The Bertz CT molecular complexity index is 557. The van der Waals surface area contributed by atoms with Crippen LogP contribution in [0.3, 0.4) is 0 Å². The maximum Gasteiger partial charge on any atom is 0.171 e. The lowest BCUT2D eigenvalue weighted by molar-refractivity contribution is 0.111. The number of aromatic nitrogens is 3. The number of carbonyl (C=O) groups is 1. The van der Waals surface area contributed by atoms with Crippen molar-refractivity contribution in [1.29, 1.82) is 0 Å². The maximum atomic E-state index is 10.4. The van der Waals surface area contributed by atoms with Crippen molar-refractivity contribution in [3.05, 3.63) is 40.1 Å². The van der Waals surface area contributed by atoms with Crippen molar-refractivity contribution in [3.63, 3.8) is 0 Å². The molecule has 7 heteroatoms. The molecule has 0 fully saturated rings. The summed E-state index contributed by atoms with van der Waals surface area (Å²) in [6.45, 7) is 0.836. The second-order valence-electron chi connectivity index (χ2n) is 3.45. The SMILES string of the molecule is O=Cc1cn(CCOc2ccc(Cl)cc2Cl)nn1. The van der Waals surface area contributed by atoms with Crippen molar-refractivity contribution >= 4 is 29.5 Å². The van der Waals surface area contributed by atoms with E-state index < -0.39 is 0 Å². The van der Waals surface area contributed by atoms with E-state index in [0.29, 0.717) is 40.9 Å². The second kappa shape index (κ2) is 5.84. The van der Waals surface area contributed by atoms with Crippen LogP contribution in [0.15, 0.2) is 24.4 Å². The Hall–Kier alpha value is -1.59. The normalized spacial score (nSPS) is 10.3. The van der Waals surface area contributed by atoms with Gasteiger partial charge in [0.15, 0.2) is 6.29 Å². The highest BCUT2D eigenvalue weighted by Crippen LogP contribution is 2.27. The van der Waals surface area contributed by atoms with Crippen LogP contribution in [0.2, 0.25) is 10.0 Å². The highest BCUT2D eigenvalue weighted by Gasteiger charge is 2.03. The second-order valence-corrected chi connectivity index (χ2v) is 4.29. The topological polar surface area (TPSA) is 57.0 Å². The minimum Gasteiger partial charge on any atom is -0.490 e. The number of rotatable bonds is 5. The molecule has 0 aliphatic rings. The van der Waals surface area contributed by atoms with Crippen LogP contribution in [0.1, 0.15) is 10.5 Å². The van der Waals surface area contributed by atoms with Crippen LogP contribution in [-0.4, -0.2) is 27.9 Å². The molecule has 2 aromatic rings. The average Bonchev–Trinajstić information content (AvgIpc) is 2.80. The van der Waals surface area contributed by atoms with Gasteiger partial charge in [0.25, 0.3) is 0 Å². The molecule has 0 amide bonds. The van der Waals surface area contributed by atoms with Gasteiger partial charge in [-0.3, -0.25) is 4.79 Å². The van der Waals surface area contributed by atoms with E-state index in [1.54, 1.807) is 24.4 Å². The summed E-state index contributed by atoms with van der Waals surface area (Å²) in [6.07, 6.45) is 2.18. The van der Waals surface area contributed by atoms with Gasteiger partial charge in [-0.1, -0.05) is 28.4 Å². The molecule has 0 aliphatic heterocycles. The van der Waals surface area contributed by atoms with E-state index in [2.05, 4.69) is 10.3 Å². The van der Waals surface area contributed by atoms with Crippen molar-refractivity contribution in [2.75, 3.05) is 6.61 Å². The Morgan fingerprint density at radius 3 is 2.89 bits per heavy atom. The molecule has 0 saturated heterocycles. The van der Waals surface area contributed by atoms with Gasteiger partial charge in [0, 0.05) is 5.02 Å². The molecular weight excluding hydrogens is 277 g/mol. The molecule has 0 unspecified atom stereocenters. The summed E-state index contributed by atoms with van der Waals surface area (Å²) in [5.41, 5.74) is 0.291. The molecule has 1 heterocycles. The third kappa shape index (κ3) is 3.21. The van der Waals surface area contributed by atoms with Gasteiger partial charge in [0.1, 0.15) is 18.1 Å². The minimum atomic E-state index is 0.291. The fourth-order valence-electron chi connectivity index (χ4n) is 1.32. The fraction of sp³-hybridized carbons (Fsp3) is 0.182. The third-order valence-electron chi connectivity index (χ3n) is 2.15. The summed E-state index contributed by atoms with van der Waals surface area (Å²) >= 11 is 11.7. The molecule has 0 aliphatic carbocycles. The number of aldehydes is 1. The number of benzene rings is 1. The number of hydrogen-bond donors (Lipinski definition) is 0. The average molecular weight is 286 g/mol. The highest BCUT2D eigenvalue weighted by atomic mass is 35.5. The molecule has 0 atom stereocenters. The molecule has 0 saturated carbocycles. The van der Waals surface area contributed by atoms with Crippen LogP contribution in [-0.2, 0) is 6.54 Å². The van der Waals surface area contributed by atoms with E-state index in [9.17, 15) is 4.79 Å². The first-order valence-electron chi connectivity index (χ1n) is 5.12. The van der Waals surface area contributed by atoms with Crippen LogP contribution in [0, 0.1) is 0 Å². The Morgan fingerprint density at radius 2 is 2.22 bits per heavy atom. The van der Waals surface area contributed by atoms with Gasteiger partial charge < -0.3 is 4.74 Å². The van der Waals surface area contributed by atoms with Gasteiger partial charge in [0.2, 0.25) is 0 Å². The molecule has 18 heavy (non-hydrogen) atoms. The number of ether oxygens (including phenoxy) is 1. The molecule has 1 aromatic heterocycles. The molecule has 2 rings (SSSR count). The van der Waals surface area contributed by atoms with Gasteiger partial charge in [-0.15, -0.1) is 5.10 Å². The summed E-state index contributed by atoms with van der Waals surface area (Å²) < 4.78 is 6.99. The lowest BCUT2D eigenvalue weighted by Gasteiger charge is -2.07. The smallest absolute Gasteiger partial charge is 0.171 e. The van der Waals surface area contributed by atoms with E-state index in [0.717, 1.165) is 0 Å². The summed E-state index contributed by atoms with van der Waals surface area (Å²) in [6, 6.07) is 5.00. The molecule has 0 radical (unpaired) electrons. The van der Waals surface area contributed by atoms with Crippen LogP contribution >= 0.6 is 23.2 Å². The largest absolute Gasteiger partial charge is 0.490 e. The van der Waals surface area contributed by atoms with E-state index in [1.807, 2.05) is 0 Å². The first kappa shape index (κ1) is 12.9. The third-order valence-corrected chi connectivity index (χ3v) is 2.68. The molecule has 0 bridgehead atoms. The minimum absolute atomic E-state index is 0.291. The molecular formula is C11H9Cl2N3O2.